The summed E-state index contributed by atoms with van der Waals surface area (Å²) in [6.07, 6.45) is 4.93. The van der Waals surface area contributed by atoms with Crippen molar-refractivity contribution >= 4 is 13.5 Å². The molecule has 1 aromatic carbocycles. The molecule has 1 N–H and O–H groups in total. The van der Waals surface area contributed by atoms with Crippen LogP contribution in [0.2, 0.25) is 11.1 Å². The Kier molecular flexibility index (Phi) is 5.61. The fraction of sp³-hybridized carbons (Fsp3) is 0.625. The van der Waals surface area contributed by atoms with Crippen molar-refractivity contribution in [2.75, 3.05) is 0 Å². The maximum absolute atomic E-state index is 11.3. The van der Waals surface area contributed by atoms with Crippen LogP contribution in [0.5, 0.6) is 0 Å². The van der Waals surface area contributed by atoms with E-state index in [0.717, 1.165) is 12.5 Å². The molecule has 1 rings (SSSR count). The average molecular weight is 264 g/mol. The molecule has 1 unspecified atom stereocenters. The molecule has 0 radical (unpaired) electrons. The second-order valence-electron chi connectivity index (χ2n) is 6.29. The lowest BCUT2D eigenvalue weighted by Crippen LogP contribution is -2.55. The summed E-state index contributed by atoms with van der Waals surface area (Å²) in [6.45, 7) is 8.79. The molecule has 1 aromatic rings. The highest BCUT2D eigenvalue weighted by Crippen LogP contribution is 2.37. The van der Waals surface area contributed by atoms with Crippen LogP contribution < -0.4 is 5.19 Å². The highest BCUT2D eigenvalue weighted by Gasteiger charge is 2.44. The van der Waals surface area contributed by atoms with Gasteiger partial charge in [-0.1, -0.05) is 83.7 Å². The van der Waals surface area contributed by atoms with Gasteiger partial charge >= 0.3 is 0 Å². The van der Waals surface area contributed by atoms with Gasteiger partial charge < -0.3 is 4.80 Å². The first kappa shape index (κ1) is 15.5. The molecule has 0 bridgehead atoms. The van der Waals surface area contributed by atoms with Crippen LogP contribution in [-0.4, -0.2) is 13.1 Å². The Labute approximate surface area is 113 Å². The molecule has 0 saturated carbocycles. The van der Waals surface area contributed by atoms with Crippen molar-refractivity contribution in [3.05, 3.63) is 30.3 Å². The summed E-state index contributed by atoms with van der Waals surface area (Å²) in [4.78, 5) is 11.3. The fourth-order valence-electron chi connectivity index (χ4n) is 2.47. The zero-order chi connectivity index (χ0) is 13.6. The molecule has 2 heteroatoms. The summed E-state index contributed by atoms with van der Waals surface area (Å²) < 4.78 is 0. The van der Waals surface area contributed by atoms with Gasteiger partial charge in [0.1, 0.15) is 0 Å². The molecule has 0 fully saturated rings. The van der Waals surface area contributed by atoms with Gasteiger partial charge in [0.15, 0.2) is 0 Å². The first-order chi connectivity index (χ1) is 8.42. The lowest BCUT2D eigenvalue weighted by Gasteiger charge is -2.38. The summed E-state index contributed by atoms with van der Waals surface area (Å²) in [6, 6.07) is 11.3. The average Bonchev–Trinajstić information content (AvgIpc) is 2.34. The highest BCUT2D eigenvalue weighted by atomic mass is 28.4. The van der Waals surface area contributed by atoms with Crippen LogP contribution in [0.4, 0.5) is 0 Å². The third kappa shape index (κ3) is 3.69. The second-order valence-corrected chi connectivity index (χ2v) is 10.6. The normalized spacial score (nSPS) is 15.4. The Hall–Kier alpha value is -0.603. The van der Waals surface area contributed by atoms with Crippen LogP contribution in [-0.2, 0) is 0 Å². The van der Waals surface area contributed by atoms with Crippen molar-refractivity contribution in [1.82, 2.24) is 0 Å². The molecule has 0 saturated heterocycles. The molecule has 0 spiro atoms. The van der Waals surface area contributed by atoms with Crippen LogP contribution in [0.1, 0.15) is 53.4 Å². The lowest BCUT2D eigenvalue weighted by molar-refractivity contribution is 0.478. The summed E-state index contributed by atoms with van der Waals surface area (Å²) in [5, 5.41) is 1.19. The largest absolute Gasteiger partial charge is 0.427 e. The van der Waals surface area contributed by atoms with E-state index < -0.39 is 8.32 Å². The smallest absolute Gasteiger partial charge is 0.225 e. The topological polar surface area (TPSA) is 20.2 Å². The van der Waals surface area contributed by atoms with Crippen LogP contribution in [0.15, 0.2) is 30.3 Å². The van der Waals surface area contributed by atoms with Gasteiger partial charge in [0.25, 0.3) is 0 Å². The third-order valence-electron chi connectivity index (χ3n) is 3.88. The molecule has 1 atom stereocenters. The molecule has 102 valence electrons. The minimum absolute atomic E-state index is 0.000563. The van der Waals surface area contributed by atoms with Crippen LogP contribution in [0, 0.1) is 0 Å². The second kappa shape index (κ2) is 6.53. The van der Waals surface area contributed by atoms with Gasteiger partial charge in [-0.3, -0.25) is 0 Å². The number of benzene rings is 1. The monoisotopic (exact) mass is 264 g/mol. The van der Waals surface area contributed by atoms with Gasteiger partial charge in [0, 0.05) is 0 Å². The third-order valence-corrected chi connectivity index (χ3v) is 8.73. The van der Waals surface area contributed by atoms with Crippen molar-refractivity contribution < 1.29 is 4.80 Å². The van der Waals surface area contributed by atoms with Crippen molar-refractivity contribution in [2.45, 2.75) is 64.5 Å². The van der Waals surface area contributed by atoms with E-state index in [9.17, 15) is 4.80 Å². The highest BCUT2D eigenvalue weighted by molar-refractivity contribution is 6.87. The van der Waals surface area contributed by atoms with Crippen LogP contribution in [0.3, 0.4) is 0 Å². The predicted molar refractivity (Wildman–Crippen MR) is 82.7 cm³/mol. The first-order valence-electron chi connectivity index (χ1n) is 7.19. The van der Waals surface area contributed by atoms with E-state index in [-0.39, 0.29) is 5.04 Å². The minimum Gasteiger partial charge on any atom is -0.427 e. The van der Waals surface area contributed by atoms with E-state index in [1.807, 2.05) is 18.2 Å². The molecule has 1 nitrogen and oxygen atoms in total. The van der Waals surface area contributed by atoms with Crippen molar-refractivity contribution in [3.8, 4) is 0 Å². The van der Waals surface area contributed by atoms with E-state index in [4.69, 9.17) is 0 Å². The van der Waals surface area contributed by atoms with E-state index in [0.29, 0.717) is 0 Å². The van der Waals surface area contributed by atoms with E-state index in [2.05, 4.69) is 39.8 Å². The Morgan fingerprint density at radius 2 is 1.61 bits per heavy atom. The maximum Gasteiger partial charge on any atom is 0.225 e. The summed E-state index contributed by atoms with van der Waals surface area (Å²) in [5.41, 5.74) is 0. The van der Waals surface area contributed by atoms with Gasteiger partial charge in [-0.25, -0.2) is 0 Å². The zero-order valence-electron chi connectivity index (χ0n) is 12.4. The van der Waals surface area contributed by atoms with Gasteiger partial charge in [-0.15, -0.1) is 0 Å². The molecular formula is C16H28OSi. The van der Waals surface area contributed by atoms with Crippen LogP contribution in [0.25, 0.3) is 0 Å². The van der Waals surface area contributed by atoms with E-state index >= 15 is 0 Å². The number of rotatable bonds is 6. The summed E-state index contributed by atoms with van der Waals surface area (Å²) in [7, 11) is -2.38. The van der Waals surface area contributed by atoms with E-state index in [1.54, 1.807) is 0 Å². The Bertz CT molecular complexity index is 342. The van der Waals surface area contributed by atoms with Crippen molar-refractivity contribution in [1.29, 1.82) is 0 Å². The molecule has 0 heterocycles. The van der Waals surface area contributed by atoms with Gasteiger partial charge in [0.05, 0.1) is 0 Å². The number of hydrogen-bond acceptors (Lipinski definition) is 1. The molecule has 18 heavy (non-hydrogen) atoms. The first-order valence-corrected chi connectivity index (χ1v) is 9.35. The van der Waals surface area contributed by atoms with Crippen LogP contribution >= 0.6 is 0 Å². The summed E-state index contributed by atoms with van der Waals surface area (Å²) in [5.74, 6) is 0. The molecule has 0 amide bonds. The minimum atomic E-state index is -2.38. The standard InChI is InChI=1S/C16H28OSi/c1-5-6-7-11-14-18(17,16(2,3)4)15-12-9-8-10-13-15/h8-10,12-13,17H,5-7,11,14H2,1-4H3. The fourth-order valence-corrected chi connectivity index (χ4v) is 5.88. The molecular weight excluding hydrogens is 236 g/mol. The Morgan fingerprint density at radius 3 is 2.11 bits per heavy atom. The SMILES string of the molecule is CCCCCC[Si](O)(c1ccccc1)C(C)(C)C. The van der Waals surface area contributed by atoms with Gasteiger partial charge in [-0.2, -0.15) is 0 Å². The zero-order valence-corrected chi connectivity index (χ0v) is 13.4. The Morgan fingerprint density at radius 1 is 1.00 bits per heavy atom. The Balaban J connectivity index is 2.84. The van der Waals surface area contributed by atoms with Crippen molar-refractivity contribution in [2.24, 2.45) is 0 Å². The van der Waals surface area contributed by atoms with Crippen molar-refractivity contribution in [3.63, 3.8) is 0 Å². The summed E-state index contributed by atoms with van der Waals surface area (Å²) >= 11 is 0. The van der Waals surface area contributed by atoms with Gasteiger partial charge in [0.2, 0.25) is 8.32 Å². The molecule has 0 aromatic heterocycles. The number of hydrogen-bond donors (Lipinski definition) is 1. The molecule has 0 aliphatic heterocycles. The predicted octanol–water partition coefficient (Wildman–Crippen LogP) is 4.21. The number of unbranched alkanes of at least 4 members (excludes halogenated alkanes) is 3. The van der Waals surface area contributed by atoms with Gasteiger partial charge in [-0.05, 0) is 16.3 Å². The van der Waals surface area contributed by atoms with E-state index in [1.165, 1.54) is 24.4 Å². The quantitative estimate of drug-likeness (QED) is 0.603. The molecule has 0 aliphatic carbocycles. The lowest BCUT2D eigenvalue weighted by atomic mass is 10.2. The molecule has 0 aliphatic rings. The maximum atomic E-state index is 11.3.